The molecule has 2 atom stereocenters. The molecule has 2 saturated heterocycles. The third kappa shape index (κ3) is 1.87. The summed E-state index contributed by atoms with van der Waals surface area (Å²) in [5, 5.41) is 1.56. The van der Waals surface area contributed by atoms with Gasteiger partial charge in [-0.2, -0.15) is 0 Å². The second-order valence-corrected chi connectivity index (χ2v) is 4.55. The summed E-state index contributed by atoms with van der Waals surface area (Å²) in [4.78, 5) is 11.4. The van der Waals surface area contributed by atoms with Crippen molar-refractivity contribution in [3.8, 4) is 0 Å². The van der Waals surface area contributed by atoms with Crippen LogP contribution in [0.1, 0.15) is 30.9 Å². The Balaban J connectivity index is 1.83. The molecule has 2 heterocycles. The zero-order valence-electron chi connectivity index (χ0n) is 9.96. The molecule has 0 amide bonds. The molecule has 0 unspecified atom stereocenters. The molecule has 0 saturated carbocycles. The van der Waals surface area contributed by atoms with Crippen LogP contribution < -0.4 is 0 Å². The summed E-state index contributed by atoms with van der Waals surface area (Å²) in [5.74, 6) is 0. The highest BCUT2D eigenvalue weighted by atomic mass is 17.0. The van der Waals surface area contributed by atoms with Gasteiger partial charge in [0.05, 0.1) is 6.61 Å². The Morgan fingerprint density at radius 3 is 2.88 bits per heavy atom. The van der Waals surface area contributed by atoms with E-state index >= 15 is 0 Å². The van der Waals surface area contributed by atoms with Crippen LogP contribution in [0.5, 0.6) is 0 Å². The molecule has 0 N–H and O–H groups in total. The molecule has 0 radical (unpaired) electrons. The Morgan fingerprint density at radius 1 is 1.35 bits per heavy atom. The van der Waals surface area contributed by atoms with Crippen LogP contribution in [0.4, 0.5) is 0 Å². The average molecular weight is 235 g/mol. The molecule has 4 nitrogen and oxygen atoms in total. The highest BCUT2D eigenvalue weighted by Crippen LogP contribution is 2.45. The van der Waals surface area contributed by atoms with Crippen molar-refractivity contribution >= 4 is 0 Å². The van der Waals surface area contributed by atoms with Gasteiger partial charge in [0.1, 0.15) is 6.10 Å². The maximum absolute atomic E-state index is 5.83. The largest absolute Gasteiger partial charge is 0.359 e. The fourth-order valence-corrected chi connectivity index (χ4v) is 2.56. The molecule has 2 aliphatic heterocycles. The molecule has 3 rings (SSSR count). The van der Waals surface area contributed by atoms with Gasteiger partial charge in [-0.3, -0.25) is 9.68 Å². The molecule has 4 heteroatoms. The van der Waals surface area contributed by atoms with Crippen LogP contribution in [-0.4, -0.2) is 24.7 Å². The smallest absolute Gasteiger partial charge is 0.173 e. The molecular formula is C13H17NO3. The van der Waals surface area contributed by atoms with E-state index in [4.69, 9.17) is 14.4 Å². The van der Waals surface area contributed by atoms with E-state index in [0.717, 1.165) is 19.3 Å². The van der Waals surface area contributed by atoms with Gasteiger partial charge >= 0.3 is 0 Å². The van der Waals surface area contributed by atoms with Gasteiger partial charge in [-0.15, -0.1) is 0 Å². The van der Waals surface area contributed by atoms with E-state index in [0.29, 0.717) is 6.61 Å². The minimum Gasteiger partial charge on any atom is -0.359 e. The number of benzene rings is 1. The van der Waals surface area contributed by atoms with Crippen molar-refractivity contribution in [1.29, 1.82) is 0 Å². The Hall–Kier alpha value is -0.940. The lowest BCUT2D eigenvalue weighted by atomic mass is 9.97. The summed E-state index contributed by atoms with van der Waals surface area (Å²) in [6.45, 7) is 0.701. The number of hydrogen-bond acceptors (Lipinski definition) is 4. The maximum atomic E-state index is 5.83. The standard InChI is InChI=1S/C13H17NO3/c1-15-13-8-5-9-16-14(13)17-12(10-13)11-6-3-2-4-7-11/h2-4,6-7,12H,5,8-10H2,1H3/t12-,13+/m0/s1. The number of fused-ring (bicyclic) bond motifs is 1. The van der Waals surface area contributed by atoms with Gasteiger partial charge in [-0.25, -0.2) is 0 Å². The van der Waals surface area contributed by atoms with Crippen LogP contribution in [0.3, 0.4) is 0 Å². The summed E-state index contributed by atoms with van der Waals surface area (Å²) >= 11 is 0. The summed E-state index contributed by atoms with van der Waals surface area (Å²) in [5.41, 5.74) is 0.764. The van der Waals surface area contributed by atoms with Crippen LogP contribution in [0.15, 0.2) is 30.3 Å². The molecule has 0 aliphatic carbocycles. The Labute approximate surface area is 101 Å². The normalized spacial score (nSPS) is 33.6. The number of rotatable bonds is 2. The van der Waals surface area contributed by atoms with Crippen molar-refractivity contribution in [2.24, 2.45) is 0 Å². The first-order chi connectivity index (χ1) is 8.34. The number of methoxy groups -OCH3 is 1. The molecule has 0 spiro atoms. The van der Waals surface area contributed by atoms with Crippen molar-refractivity contribution in [3.63, 3.8) is 0 Å². The fourth-order valence-electron chi connectivity index (χ4n) is 2.56. The van der Waals surface area contributed by atoms with E-state index in [1.807, 2.05) is 18.2 Å². The first kappa shape index (κ1) is 11.2. The van der Waals surface area contributed by atoms with Crippen molar-refractivity contribution < 1.29 is 14.4 Å². The Bertz CT molecular complexity index is 384. The molecular weight excluding hydrogens is 218 g/mol. The van der Waals surface area contributed by atoms with Crippen molar-refractivity contribution in [2.45, 2.75) is 31.1 Å². The molecule has 2 fully saturated rings. The van der Waals surface area contributed by atoms with Crippen molar-refractivity contribution in [1.82, 2.24) is 5.23 Å². The van der Waals surface area contributed by atoms with Crippen LogP contribution in [-0.2, 0) is 14.4 Å². The second-order valence-electron chi connectivity index (χ2n) is 4.55. The number of hydroxylamine groups is 2. The molecule has 92 valence electrons. The highest BCUT2D eigenvalue weighted by Gasteiger charge is 2.50. The summed E-state index contributed by atoms with van der Waals surface area (Å²) in [6.07, 6.45) is 2.80. The van der Waals surface area contributed by atoms with Crippen LogP contribution in [0, 0.1) is 0 Å². The monoisotopic (exact) mass is 235 g/mol. The van der Waals surface area contributed by atoms with Crippen molar-refractivity contribution in [3.05, 3.63) is 35.9 Å². The van der Waals surface area contributed by atoms with Crippen LogP contribution in [0.2, 0.25) is 0 Å². The minimum atomic E-state index is -0.404. The van der Waals surface area contributed by atoms with E-state index in [2.05, 4.69) is 12.1 Å². The zero-order chi connectivity index (χ0) is 11.7. The predicted molar refractivity (Wildman–Crippen MR) is 61.7 cm³/mol. The number of ether oxygens (including phenoxy) is 1. The van der Waals surface area contributed by atoms with Gasteiger partial charge < -0.3 is 4.74 Å². The Morgan fingerprint density at radius 2 is 2.18 bits per heavy atom. The zero-order valence-corrected chi connectivity index (χ0v) is 9.96. The Kier molecular flexibility index (Phi) is 2.88. The lowest BCUT2D eigenvalue weighted by molar-refractivity contribution is -0.444. The molecule has 17 heavy (non-hydrogen) atoms. The lowest BCUT2D eigenvalue weighted by Gasteiger charge is -2.36. The third-order valence-electron chi connectivity index (χ3n) is 3.53. The quantitative estimate of drug-likeness (QED) is 0.787. The van der Waals surface area contributed by atoms with E-state index in [1.54, 1.807) is 12.3 Å². The van der Waals surface area contributed by atoms with Gasteiger partial charge in [0.2, 0.25) is 0 Å². The first-order valence-corrected chi connectivity index (χ1v) is 6.04. The predicted octanol–water partition coefficient (Wildman–Crippen LogP) is 2.43. The van der Waals surface area contributed by atoms with Gasteiger partial charge in [0.15, 0.2) is 5.72 Å². The SMILES string of the molecule is CO[C@@]12CCCON1O[C@H](c1ccccc1)C2. The summed E-state index contributed by atoms with van der Waals surface area (Å²) < 4.78 is 5.63. The fraction of sp³-hybridized carbons (Fsp3) is 0.538. The van der Waals surface area contributed by atoms with Crippen LogP contribution in [0.25, 0.3) is 0 Å². The van der Waals surface area contributed by atoms with Gasteiger partial charge in [0, 0.05) is 13.5 Å². The van der Waals surface area contributed by atoms with E-state index in [1.165, 1.54) is 5.56 Å². The second kappa shape index (κ2) is 4.38. The number of nitrogens with zero attached hydrogens (tertiary/aromatic N) is 1. The summed E-state index contributed by atoms with van der Waals surface area (Å²) in [7, 11) is 1.72. The van der Waals surface area contributed by atoms with E-state index < -0.39 is 5.72 Å². The molecule has 1 aromatic carbocycles. The van der Waals surface area contributed by atoms with Gasteiger partial charge in [-0.1, -0.05) is 30.3 Å². The lowest BCUT2D eigenvalue weighted by Crippen LogP contribution is -2.48. The average Bonchev–Trinajstić information content (AvgIpc) is 2.80. The minimum absolute atomic E-state index is 0.0225. The molecule has 2 aliphatic rings. The topological polar surface area (TPSA) is 30.9 Å². The molecule has 0 bridgehead atoms. The highest BCUT2D eigenvalue weighted by molar-refractivity contribution is 5.18. The molecule has 0 aromatic heterocycles. The van der Waals surface area contributed by atoms with Crippen LogP contribution >= 0.6 is 0 Å². The first-order valence-electron chi connectivity index (χ1n) is 6.04. The van der Waals surface area contributed by atoms with E-state index in [-0.39, 0.29) is 6.10 Å². The third-order valence-corrected chi connectivity index (χ3v) is 3.53. The summed E-state index contributed by atoms with van der Waals surface area (Å²) in [6, 6.07) is 10.2. The molecule has 1 aromatic rings. The van der Waals surface area contributed by atoms with E-state index in [9.17, 15) is 0 Å². The van der Waals surface area contributed by atoms with Gasteiger partial charge in [-0.05, 0) is 23.6 Å². The number of hydrogen-bond donors (Lipinski definition) is 0. The van der Waals surface area contributed by atoms with Crippen molar-refractivity contribution in [2.75, 3.05) is 13.7 Å². The van der Waals surface area contributed by atoms with Gasteiger partial charge in [0.25, 0.3) is 0 Å². The maximum Gasteiger partial charge on any atom is 0.173 e.